The summed E-state index contributed by atoms with van der Waals surface area (Å²) in [6, 6.07) is 1.40. The topological polar surface area (TPSA) is 100 Å². The van der Waals surface area contributed by atoms with Crippen LogP contribution in [-0.4, -0.2) is 61.4 Å². The maximum absolute atomic E-state index is 5.99. The van der Waals surface area contributed by atoms with Gasteiger partial charge in [-0.25, -0.2) is 0 Å². The van der Waals surface area contributed by atoms with Crippen molar-refractivity contribution in [3.63, 3.8) is 0 Å². The fourth-order valence-corrected chi connectivity index (χ4v) is 3.97. The third-order valence-corrected chi connectivity index (χ3v) is 4.82. The Kier molecular flexibility index (Phi) is 8.59. The highest BCUT2D eigenvalue weighted by Gasteiger charge is 2.28. The predicted molar refractivity (Wildman–Crippen MR) is 104 cm³/mol. The second-order valence-corrected chi connectivity index (χ2v) is 8.95. The summed E-state index contributed by atoms with van der Waals surface area (Å²) in [5.74, 6) is 0. The first-order valence-corrected chi connectivity index (χ1v) is 9.49. The molecule has 0 spiro atoms. The van der Waals surface area contributed by atoms with Gasteiger partial charge in [0.25, 0.3) is 0 Å². The van der Waals surface area contributed by atoms with Crippen LogP contribution in [0.5, 0.6) is 0 Å². The number of nitrogens with one attached hydrogen (secondary N) is 4. The zero-order valence-corrected chi connectivity index (χ0v) is 16.7. The Balaban J connectivity index is 2.84. The molecule has 0 saturated carbocycles. The molecule has 0 aromatic rings. The van der Waals surface area contributed by atoms with Gasteiger partial charge in [0.05, 0.1) is 0 Å². The fraction of sp³-hybridized carbons (Fsp3) is 1.00. The minimum absolute atomic E-state index is 0.0381. The van der Waals surface area contributed by atoms with Crippen molar-refractivity contribution in [3.05, 3.63) is 0 Å². The first-order chi connectivity index (χ1) is 11.1. The summed E-state index contributed by atoms with van der Waals surface area (Å²) in [5.41, 5.74) is 12.0. The summed E-state index contributed by atoms with van der Waals surface area (Å²) >= 11 is 0. The molecule has 1 fully saturated rings. The van der Waals surface area contributed by atoms with Gasteiger partial charge in [0.15, 0.2) is 0 Å². The molecule has 1 saturated heterocycles. The van der Waals surface area contributed by atoms with Gasteiger partial charge < -0.3 is 32.7 Å². The van der Waals surface area contributed by atoms with Crippen molar-refractivity contribution in [2.24, 2.45) is 11.5 Å². The number of rotatable bonds is 2. The van der Waals surface area contributed by atoms with Crippen LogP contribution < -0.4 is 32.7 Å². The van der Waals surface area contributed by atoms with Crippen molar-refractivity contribution < 1.29 is 0 Å². The smallest absolute Gasteiger partial charge is 0.0320 e. The molecule has 144 valence electrons. The molecule has 0 aromatic carbocycles. The molecule has 1 heterocycles. The summed E-state index contributed by atoms with van der Waals surface area (Å²) < 4.78 is 0. The Hall–Kier alpha value is -0.240. The van der Waals surface area contributed by atoms with Gasteiger partial charge in [-0.1, -0.05) is 0 Å². The molecule has 2 unspecified atom stereocenters. The van der Waals surface area contributed by atoms with Crippen molar-refractivity contribution in [2.45, 2.75) is 89.6 Å². The van der Waals surface area contributed by atoms with Crippen LogP contribution in [0.4, 0.5) is 0 Å². The Morgan fingerprint density at radius 3 is 1.38 bits per heavy atom. The monoisotopic (exact) mass is 342 g/mol. The van der Waals surface area contributed by atoms with E-state index in [4.69, 9.17) is 11.5 Å². The van der Waals surface area contributed by atoms with Gasteiger partial charge in [0, 0.05) is 61.4 Å². The normalized spacial score (nSPS) is 36.0. The molecule has 0 aromatic heterocycles. The van der Waals surface area contributed by atoms with Crippen molar-refractivity contribution in [2.75, 3.05) is 26.2 Å². The van der Waals surface area contributed by atoms with Gasteiger partial charge in [-0.05, 0) is 54.4 Å². The second kappa shape index (κ2) is 9.46. The predicted octanol–water partition coefficient (Wildman–Crippen LogP) is 0.127. The highest BCUT2D eigenvalue weighted by atomic mass is 15.1. The molecule has 24 heavy (non-hydrogen) atoms. The molecule has 6 heteroatoms. The van der Waals surface area contributed by atoms with Crippen LogP contribution in [0.3, 0.4) is 0 Å². The van der Waals surface area contributed by atoms with Crippen LogP contribution in [0.1, 0.15) is 54.4 Å². The minimum Gasteiger partial charge on any atom is -0.329 e. The SMILES string of the molecule is C[C@@H]1CC(C)(C)NC(CN)CN[C@@H](C)CC(C)(C)NC(CN)CN1. The van der Waals surface area contributed by atoms with Crippen molar-refractivity contribution >= 4 is 0 Å². The van der Waals surface area contributed by atoms with Crippen molar-refractivity contribution in [1.29, 1.82) is 0 Å². The van der Waals surface area contributed by atoms with E-state index in [1.54, 1.807) is 0 Å². The average Bonchev–Trinajstić information content (AvgIpc) is 2.45. The summed E-state index contributed by atoms with van der Waals surface area (Å²) in [6.07, 6.45) is 2.08. The van der Waals surface area contributed by atoms with Gasteiger partial charge in [0.2, 0.25) is 0 Å². The van der Waals surface area contributed by atoms with Gasteiger partial charge in [0.1, 0.15) is 0 Å². The van der Waals surface area contributed by atoms with Crippen LogP contribution in [0.25, 0.3) is 0 Å². The van der Waals surface area contributed by atoms with E-state index < -0.39 is 0 Å². The Bertz CT molecular complexity index is 323. The van der Waals surface area contributed by atoms with Crippen LogP contribution in [-0.2, 0) is 0 Å². The third-order valence-electron chi connectivity index (χ3n) is 4.82. The number of hydrogen-bond acceptors (Lipinski definition) is 6. The van der Waals surface area contributed by atoms with E-state index >= 15 is 0 Å². The quantitative estimate of drug-likeness (QED) is 0.427. The van der Waals surface area contributed by atoms with E-state index in [0.29, 0.717) is 25.2 Å². The molecule has 0 radical (unpaired) electrons. The first kappa shape index (κ1) is 21.8. The van der Waals surface area contributed by atoms with E-state index in [-0.39, 0.29) is 23.2 Å². The summed E-state index contributed by atoms with van der Waals surface area (Å²) in [5, 5.41) is 14.7. The average molecular weight is 343 g/mol. The first-order valence-electron chi connectivity index (χ1n) is 9.49. The minimum atomic E-state index is 0.0381. The molecule has 0 amide bonds. The van der Waals surface area contributed by atoms with Crippen LogP contribution >= 0.6 is 0 Å². The summed E-state index contributed by atoms with van der Waals surface area (Å²) in [6.45, 7) is 16.6. The molecule has 4 atom stereocenters. The molecule has 6 nitrogen and oxygen atoms in total. The molecule has 1 rings (SSSR count). The number of nitrogens with two attached hydrogens (primary N) is 2. The lowest BCUT2D eigenvalue weighted by Crippen LogP contribution is -2.59. The zero-order chi connectivity index (χ0) is 18.4. The van der Waals surface area contributed by atoms with Crippen LogP contribution in [0.2, 0.25) is 0 Å². The highest BCUT2D eigenvalue weighted by Crippen LogP contribution is 2.15. The lowest BCUT2D eigenvalue weighted by molar-refractivity contribution is 0.240. The van der Waals surface area contributed by atoms with E-state index in [0.717, 1.165) is 25.9 Å². The van der Waals surface area contributed by atoms with Gasteiger partial charge in [-0.3, -0.25) is 0 Å². The molecular formula is C18H42N6. The lowest BCUT2D eigenvalue weighted by atomic mass is 9.92. The largest absolute Gasteiger partial charge is 0.329 e. The maximum Gasteiger partial charge on any atom is 0.0320 e. The Labute approximate surface area is 149 Å². The summed E-state index contributed by atoms with van der Waals surface area (Å²) in [4.78, 5) is 0. The maximum atomic E-state index is 5.99. The second-order valence-electron chi connectivity index (χ2n) is 8.95. The molecule has 1 aliphatic rings. The third kappa shape index (κ3) is 8.23. The summed E-state index contributed by atoms with van der Waals surface area (Å²) in [7, 11) is 0. The van der Waals surface area contributed by atoms with E-state index in [2.05, 4.69) is 62.8 Å². The van der Waals surface area contributed by atoms with Gasteiger partial charge in [-0.15, -0.1) is 0 Å². The lowest BCUT2D eigenvalue weighted by Gasteiger charge is -2.38. The van der Waals surface area contributed by atoms with Crippen LogP contribution in [0, 0.1) is 0 Å². The number of hydrogen-bond donors (Lipinski definition) is 6. The van der Waals surface area contributed by atoms with Gasteiger partial charge in [-0.2, -0.15) is 0 Å². The molecule has 0 bridgehead atoms. The standard InChI is InChI=1S/C18H42N6/c1-13-7-17(3,4)23-16(10-20)12-22-14(2)8-18(5,6)24-15(9-19)11-21-13/h13-16,21-24H,7-12,19-20H2,1-6H3/t13-,14+,15?,16?. The molecule has 0 aliphatic carbocycles. The Morgan fingerprint density at radius 2 is 1.08 bits per heavy atom. The van der Waals surface area contributed by atoms with E-state index in [1.165, 1.54) is 0 Å². The van der Waals surface area contributed by atoms with E-state index in [9.17, 15) is 0 Å². The Morgan fingerprint density at radius 1 is 0.750 bits per heavy atom. The molecule has 1 aliphatic heterocycles. The van der Waals surface area contributed by atoms with E-state index in [1.807, 2.05) is 0 Å². The van der Waals surface area contributed by atoms with Crippen molar-refractivity contribution in [3.8, 4) is 0 Å². The van der Waals surface area contributed by atoms with Crippen molar-refractivity contribution in [1.82, 2.24) is 21.3 Å². The highest BCUT2D eigenvalue weighted by molar-refractivity contribution is 4.91. The van der Waals surface area contributed by atoms with Gasteiger partial charge >= 0.3 is 0 Å². The fourth-order valence-electron chi connectivity index (χ4n) is 3.97. The molecular weight excluding hydrogens is 300 g/mol. The zero-order valence-electron chi connectivity index (χ0n) is 16.7. The van der Waals surface area contributed by atoms with Crippen LogP contribution in [0.15, 0.2) is 0 Å². The molecule has 8 N–H and O–H groups in total.